The van der Waals surface area contributed by atoms with Gasteiger partial charge in [-0.05, 0) is 32.0 Å². The average Bonchev–Trinajstić information content (AvgIpc) is 3.24. The van der Waals surface area contributed by atoms with E-state index in [1.165, 1.54) is 0 Å². The molecule has 3 rings (SSSR count). The number of aliphatic imine (C=N–C) groups is 1. The number of benzene rings is 1. The molecule has 1 saturated heterocycles. The minimum atomic E-state index is 0.525. The first-order chi connectivity index (χ1) is 14.7. The third-order valence-corrected chi connectivity index (χ3v) is 5.29. The second-order valence-corrected chi connectivity index (χ2v) is 7.14. The van der Waals surface area contributed by atoms with Crippen molar-refractivity contribution in [1.82, 2.24) is 29.9 Å². The molecule has 0 radical (unpaired) electrons. The molecule has 9 nitrogen and oxygen atoms in total. The van der Waals surface area contributed by atoms with E-state index in [0.29, 0.717) is 6.54 Å². The maximum absolute atomic E-state index is 5.53. The Morgan fingerprint density at radius 1 is 1.13 bits per heavy atom. The molecule has 0 unspecified atom stereocenters. The number of hydrogen-bond donors (Lipinski definition) is 1. The van der Waals surface area contributed by atoms with Gasteiger partial charge in [-0.25, -0.2) is 4.99 Å². The summed E-state index contributed by atoms with van der Waals surface area (Å²) in [6, 6.07) is 5.95. The number of nitrogens with one attached hydrogen (secondary N) is 1. The molecule has 9 heteroatoms. The van der Waals surface area contributed by atoms with Gasteiger partial charge in [0.2, 0.25) is 0 Å². The van der Waals surface area contributed by atoms with Gasteiger partial charge in [-0.1, -0.05) is 0 Å². The number of rotatable bonds is 8. The monoisotopic (exact) mass is 415 g/mol. The van der Waals surface area contributed by atoms with E-state index < -0.39 is 0 Å². The maximum Gasteiger partial charge on any atom is 0.194 e. The van der Waals surface area contributed by atoms with Crippen LogP contribution in [0.5, 0.6) is 11.5 Å². The maximum atomic E-state index is 5.53. The molecule has 0 bridgehead atoms. The molecule has 2 heterocycles. The molecule has 1 aromatic carbocycles. The molecule has 1 aliphatic rings. The van der Waals surface area contributed by atoms with Crippen molar-refractivity contribution >= 4 is 5.96 Å². The van der Waals surface area contributed by atoms with Gasteiger partial charge in [-0.15, -0.1) is 10.2 Å². The Balaban J connectivity index is 1.61. The summed E-state index contributed by atoms with van der Waals surface area (Å²) in [5.41, 5.74) is 1.14. The van der Waals surface area contributed by atoms with E-state index in [9.17, 15) is 0 Å². The van der Waals surface area contributed by atoms with Crippen LogP contribution in [0.25, 0.3) is 0 Å². The minimum Gasteiger partial charge on any atom is -0.497 e. The highest BCUT2D eigenvalue weighted by Crippen LogP contribution is 2.25. The van der Waals surface area contributed by atoms with Crippen LogP contribution in [-0.2, 0) is 19.6 Å². The molecule has 0 atom stereocenters. The number of aryl methyl sites for hydroxylation is 1. The van der Waals surface area contributed by atoms with Crippen molar-refractivity contribution in [2.24, 2.45) is 4.99 Å². The van der Waals surface area contributed by atoms with Gasteiger partial charge in [0.25, 0.3) is 0 Å². The summed E-state index contributed by atoms with van der Waals surface area (Å²) in [5, 5.41) is 11.6. The molecular weight excluding hydrogens is 382 g/mol. The molecule has 1 N–H and O–H groups in total. The molecular formula is C21H33N7O2. The minimum absolute atomic E-state index is 0.525. The fraction of sp³-hybridized carbons (Fsp3) is 0.571. The van der Waals surface area contributed by atoms with Gasteiger partial charge in [-0.2, -0.15) is 0 Å². The zero-order valence-electron chi connectivity index (χ0n) is 18.5. The number of hydrogen-bond acceptors (Lipinski definition) is 6. The molecule has 1 fully saturated rings. The number of piperazine rings is 1. The first-order valence-corrected chi connectivity index (χ1v) is 10.5. The quantitative estimate of drug-likeness (QED) is 0.518. The van der Waals surface area contributed by atoms with Crippen LogP contribution in [0.2, 0.25) is 0 Å². The summed E-state index contributed by atoms with van der Waals surface area (Å²) in [6.07, 6.45) is 1.75. The number of aromatic nitrogens is 3. The Morgan fingerprint density at radius 2 is 1.93 bits per heavy atom. The zero-order valence-corrected chi connectivity index (χ0v) is 18.5. The van der Waals surface area contributed by atoms with Crippen molar-refractivity contribution in [3.63, 3.8) is 0 Å². The molecule has 0 aliphatic carbocycles. The summed E-state index contributed by atoms with van der Waals surface area (Å²) in [4.78, 5) is 9.55. The second-order valence-electron chi connectivity index (χ2n) is 7.14. The van der Waals surface area contributed by atoms with Crippen molar-refractivity contribution in [2.45, 2.75) is 33.5 Å². The van der Waals surface area contributed by atoms with Crippen LogP contribution in [0, 0.1) is 0 Å². The number of ether oxygens (including phenoxy) is 2. The Bertz CT molecular complexity index is 829. The van der Waals surface area contributed by atoms with Crippen LogP contribution in [-0.4, -0.2) is 77.5 Å². The summed E-state index contributed by atoms with van der Waals surface area (Å²) < 4.78 is 12.9. The van der Waals surface area contributed by atoms with E-state index in [2.05, 4.69) is 45.2 Å². The summed E-state index contributed by atoms with van der Waals surface area (Å²) >= 11 is 0. The highest BCUT2D eigenvalue weighted by Gasteiger charge is 2.21. The highest BCUT2D eigenvalue weighted by atomic mass is 16.5. The molecule has 30 heavy (non-hydrogen) atoms. The molecule has 0 amide bonds. The van der Waals surface area contributed by atoms with Gasteiger partial charge in [0.15, 0.2) is 11.8 Å². The van der Waals surface area contributed by atoms with E-state index in [4.69, 9.17) is 14.5 Å². The van der Waals surface area contributed by atoms with Crippen LogP contribution in [0.15, 0.2) is 29.5 Å². The number of methoxy groups -OCH3 is 2. The van der Waals surface area contributed by atoms with E-state index in [0.717, 1.165) is 74.7 Å². The smallest absolute Gasteiger partial charge is 0.194 e. The van der Waals surface area contributed by atoms with Crippen molar-refractivity contribution in [2.75, 3.05) is 46.9 Å². The van der Waals surface area contributed by atoms with E-state index in [1.807, 2.05) is 16.7 Å². The predicted octanol–water partition coefficient (Wildman–Crippen LogP) is 1.60. The molecule has 164 valence electrons. The lowest BCUT2D eigenvalue weighted by Gasteiger charge is -2.36. The first-order valence-electron chi connectivity index (χ1n) is 10.5. The van der Waals surface area contributed by atoms with Crippen LogP contribution in [0.3, 0.4) is 0 Å². The number of guanidine groups is 1. The Morgan fingerprint density at radius 3 is 2.60 bits per heavy atom. The largest absolute Gasteiger partial charge is 0.497 e. The lowest BCUT2D eigenvalue weighted by atomic mass is 10.1. The van der Waals surface area contributed by atoms with Crippen molar-refractivity contribution in [3.8, 4) is 11.5 Å². The van der Waals surface area contributed by atoms with Gasteiger partial charge in [0, 0.05) is 51.4 Å². The zero-order chi connectivity index (χ0) is 21.3. The molecule has 0 saturated carbocycles. The van der Waals surface area contributed by atoms with Crippen LogP contribution in [0.1, 0.15) is 25.2 Å². The fourth-order valence-electron chi connectivity index (χ4n) is 3.60. The standard InChI is InChI=1S/C21H33N7O2/c1-5-22-21(23-14-20-25-24-16-27(20)6-2)28-11-9-26(10-12-28)15-17-13-18(29-3)7-8-19(17)30-4/h7-8,13,16H,5-6,9-12,14-15H2,1-4H3,(H,22,23). The normalized spacial score (nSPS) is 15.3. The van der Waals surface area contributed by atoms with Gasteiger partial charge < -0.3 is 24.3 Å². The van der Waals surface area contributed by atoms with Crippen LogP contribution < -0.4 is 14.8 Å². The molecule has 1 aliphatic heterocycles. The van der Waals surface area contributed by atoms with Gasteiger partial charge in [0.05, 0.1) is 14.2 Å². The summed E-state index contributed by atoms with van der Waals surface area (Å²) in [5.74, 6) is 3.57. The lowest BCUT2D eigenvalue weighted by molar-refractivity contribution is 0.171. The van der Waals surface area contributed by atoms with Crippen molar-refractivity contribution < 1.29 is 9.47 Å². The third kappa shape index (κ3) is 5.41. The topological polar surface area (TPSA) is 80.0 Å². The van der Waals surface area contributed by atoms with Crippen LogP contribution in [0.4, 0.5) is 0 Å². The van der Waals surface area contributed by atoms with E-state index in [1.54, 1.807) is 20.5 Å². The van der Waals surface area contributed by atoms with E-state index >= 15 is 0 Å². The Kier molecular flexibility index (Phi) is 7.89. The third-order valence-electron chi connectivity index (χ3n) is 5.29. The SMILES string of the molecule is CCNC(=NCc1nncn1CC)N1CCN(Cc2cc(OC)ccc2OC)CC1. The van der Waals surface area contributed by atoms with Gasteiger partial charge >= 0.3 is 0 Å². The average molecular weight is 416 g/mol. The highest BCUT2D eigenvalue weighted by molar-refractivity contribution is 5.80. The molecule has 1 aromatic heterocycles. The fourth-order valence-corrected chi connectivity index (χ4v) is 3.60. The summed E-state index contributed by atoms with van der Waals surface area (Å²) in [6.45, 7) is 11.0. The van der Waals surface area contributed by atoms with E-state index in [-0.39, 0.29) is 0 Å². The van der Waals surface area contributed by atoms with Crippen molar-refractivity contribution in [3.05, 3.63) is 35.9 Å². The summed E-state index contributed by atoms with van der Waals surface area (Å²) in [7, 11) is 3.40. The second kappa shape index (κ2) is 10.8. The predicted molar refractivity (Wildman–Crippen MR) is 117 cm³/mol. The molecule has 2 aromatic rings. The molecule has 0 spiro atoms. The van der Waals surface area contributed by atoms with Gasteiger partial charge in [-0.3, -0.25) is 4.90 Å². The van der Waals surface area contributed by atoms with Crippen molar-refractivity contribution in [1.29, 1.82) is 0 Å². The van der Waals surface area contributed by atoms with Crippen LogP contribution >= 0.6 is 0 Å². The number of nitrogens with zero attached hydrogens (tertiary/aromatic N) is 6. The lowest BCUT2D eigenvalue weighted by Crippen LogP contribution is -2.52. The Labute approximate surface area is 178 Å². The Hall–Kier alpha value is -2.81. The first kappa shape index (κ1) is 21.9. The van der Waals surface area contributed by atoms with Gasteiger partial charge in [0.1, 0.15) is 24.4 Å².